The summed E-state index contributed by atoms with van der Waals surface area (Å²) in [6, 6.07) is 0. The predicted octanol–water partition coefficient (Wildman–Crippen LogP) is 1.14. The van der Waals surface area contributed by atoms with Crippen LogP contribution in [0.2, 0.25) is 0 Å². The second-order valence-corrected chi connectivity index (χ2v) is 6.14. The quantitative estimate of drug-likeness (QED) is 0.371. The summed E-state index contributed by atoms with van der Waals surface area (Å²) >= 11 is 0. The predicted molar refractivity (Wildman–Crippen MR) is 111 cm³/mol. The largest absolute Gasteiger partial charge is 0.355 e. The number of rotatable bonds is 6. The van der Waals surface area contributed by atoms with Gasteiger partial charge in [-0.15, -0.1) is 44.4 Å². The van der Waals surface area contributed by atoms with Crippen molar-refractivity contribution < 1.29 is 0 Å². The zero-order valence-corrected chi connectivity index (χ0v) is 17.8. The molecule has 2 aromatic heterocycles. The van der Waals surface area contributed by atoms with E-state index < -0.39 is 0 Å². The summed E-state index contributed by atoms with van der Waals surface area (Å²) in [5.74, 6) is 3.84. The zero-order chi connectivity index (χ0) is 17.5. The summed E-state index contributed by atoms with van der Waals surface area (Å²) in [4.78, 5) is 4.28. The maximum atomic E-state index is 4.34. The Hall–Kier alpha value is -1.72. The van der Waals surface area contributed by atoms with Gasteiger partial charge in [0, 0.05) is 39.5 Å². The molecular weight excluding hydrogens is 445 g/mol. The van der Waals surface area contributed by atoms with Crippen molar-refractivity contribution in [2.45, 2.75) is 58.7 Å². The molecule has 0 aliphatic carbocycles. The van der Waals surface area contributed by atoms with E-state index in [1.54, 1.807) is 13.4 Å². The molecule has 0 spiro atoms. The van der Waals surface area contributed by atoms with Crippen LogP contribution in [0, 0.1) is 0 Å². The Kier molecular flexibility index (Phi) is 8.26. The molecule has 0 saturated heterocycles. The molecule has 10 heteroatoms. The second kappa shape index (κ2) is 10.4. The van der Waals surface area contributed by atoms with Gasteiger partial charge in [-0.3, -0.25) is 4.99 Å². The number of aromatic nitrogens is 6. The Morgan fingerprint density at radius 3 is 2.85 bits per heavy atom. The molecule has 0 unspecified atom stereocenters. The van der Waals surface area contributed by atoms with Crippen molar-refractivity contribution in [3.05, 3.63) is 23.8 Å². The average molecular weight is 473 g/mol. The molecule has 0 bridgehead atoms. The lowest BCUT2D eigenvalue weighted by molar-refractivity contribution is 0.593. The van der Waals surface area contributed by atoms with Crippen molar-refractivity contribution in [3.8, 4) is 0 Å². The van der Waals surface area contributed by atoms with Crippen molar-refractivity contribution in [1.82, 2.24) is 40.2 Å². The molecule has 2 aromatic rings. The molecule has 0 aromatic carbocycles. The van der Waals surface area contributed by atoms with E-state index in [2.05, 4.69) is 52.1 Å². The fourth-order valence-corrected chi connectivity index (χ4v) is 3.09. The average Bonchev–Trinajstić information content (AvgIpc) is 3.17. The Morgan fingerprint density at radius 2 is 2.04 bits per heavy atom. The van der Waals surface area contributed by atoms with Gasteiger partial charge in [-0.25, -0.2) is 0 Å². The SMILES string of the molecule is CCc1nncn1CCNC(=NC)NCc1nnc2n1CCCCC2.I. The fraction of sp³-hybridized carbons (Fsp3) is 0.688. The summed E-state index contributed by atoms with van der Waals surface area (Å²) in [7, 11) is 1.77. The molecule has 0 fully saturated rings. The minimum atomic E-state index is 0. The van der Waals surface area contributed by atoms with Gasteiger partial charge < -0.3 is 19.8 Å². The lowest BCUT2D eigenvalue weighted by atomic mass is 10.2. The highest BCUT2D eigenvalue weighted by Crippen LogP contribution is 2.14. The number of aliphatic imine (C=N–C) groups is 1. The molecule has 9 nitrogen and oxygen atoms in total. The molecule has 1 aliphatic rings. The van der Waals surface area contributed by atoms with Crippen LogP contribution in [0.5, 0.6) is 0 Å². The van der Waals surface area contributed by atoms with Crippen LogP contribution >= 0.6 is 24.0 Å². The van der Waals surface area contributed by atoms with Gasteiger partial charge >= 0.3 is 0 Å². The third-order valence-corrected chi connectivity index (χ3v) is 4.48. The third-order valence-electron chi connectivity index (χ3n) is 4.48. The smallest absolute Gasteiger partial charge is 0.191 e. The van der Waals surface area contributed by atoms with Gasteiger partial charge in [0.2, 0.25) is 0 Å². The van der Waals surface area contributed by atoms with Crippen molar-refractivity contribution in [2.24, 2.45) is 4.99 Å². The van der Waals surface area contributed by atoms with Crippen LogP contribution in [0.25, 0.3) is 0 Å². The number of aryl methyl sites for hydroxylation is 2. The normalized spacial score (nSPS) is 14.3. The molecule has 0 amide bonds. The summed E-state index contributed by atoms with van der Waals surface area (Å²) in [5.41, 5.74) is 0. The van der Waals surface area contributed by atoms with E-state index in [4.69, 9.17) is 0 Å². The number of hydrogen-bond donors (Lipinski definition) is 2. The Bertz CT molecular complexity index is 706. The van der Waals surface area contributed by atoms with E-state index in [1.165, 1.54) is 19.3 Å². The van der Waals surface area contributed by atoms with Gasteiger partial charge in [0.05, 0.1) is 6.54 Å². The molecule has 1 aliphatic heterocycles. The molecule has 0 radical (unpaired) electrons. The lowest BCUT2D eigenvalue weighted by Crippen LogP contribution is -2.39. The van der Waals surface area contributed by atoms with Crippen molar-refractivity contribution >= 4 is 29.9 Å². The highest BCUT2D eigenvalue weighted by atomic mass is 127. The molecular formula is C16H28IN9. The molecule has 0 saturated carbocycles. The first-order valence-corrected chi connectivity index (χ1v) is 9.04. The minimum Gasteiger partial charge on any atom is -0.355 e. The Labute approximate surface area is 171 Å². The Morgan fingerprint density at radius 1 is 1.15 bits per heavy atom. The monoisotopic (exact) mass is 473 g/mol. The van der Waals surface area contributed by atoms with Crippen LogP contribution in [-0.4, -0.2) is 49.1 Å². The van der Waals surface area contributed by atoms with Gasteiger partial charge in [-0.2, -0.15) is 0 Å². The number of halogens is 1. The number of fused-ring (bicyclic) bond motifs is 1. The van der Waals surface area contributed by atoms with Crippen molar-refractivity contribution in [2.75, 3.05) is 13.6 Å². The van der Waals surface area contributed by atoms with Crippen LogP contribution in [0.3, 0.4) is 0 Å². The van der Waals surface area contributed by atoms with E-state index >= 15 is 0 Å². The first kappa shape index (κ1) is 20.6. The molecule has 3 heterocycles. The molecule has 0 atom stereocenters. The van der Waals surface area contributed by atoms with Crippen molar-refractivity contribution in [3.63, 3.8) is 0 Å². The summed E-state index contributed by atoms with van der Waals surface area (Å²) < 4.78 is 4.30. The van der Waals surface area contributed by atoms with E-state index in [0.717, 1.165) is 55.9 Å². The van der Waals surface area contributed by atoms with E-state index in [0.29, 0.717) is 6.54 Å². The summed E-state index contributed by atoms with van der Waals surface area (Å²) in [5, 5.41) is 23.4. The number of nitrogens with one attached hydrogen (secondary N) is 2. The van der Waals surface area contributed by atoms with Gasteiger partial charge in [-0.05, 0) is 12.8 Å². The molecule has 2 N–H and O–H groups in total. The molecule has 26 heavy (non-hydrogen) atoms. The molecule has 144 valence electrons. The second-order valence-electron chi connectivity index (χ2n) is 6.14. The summed E-state index contributed by atoms with van der Waals surface area (Å²) in [6.07, 6.45) is 7.34. The Balaban J connectivity index is 0.00000243. The standard InChI is InChI=1S/C16H27N9.HI/c1-3-13-21-20-12-24(13)10-8-18-16(17-2)19-11-15-23-22-14-7-5-4-6-9-25(14)15;/h12H,3-11H2,1-2H3,(H2,17,18,19);1H. The van der Waals surface area contributed by atoms with E-state index in [1.807, 2.05) is 0 Å². The van der Waals surface area contributed by atoms with Crippen LogP contribution in [0.4, 0.5) is 0 Å². The lowest BCUT2D eigenvalue weighted by Gasteiger charge is -2.13. The van der Waals surface area contributed by atoms with Gasteiger partial charge in [0.1, 0.15) is 18.0 Å². The van der Waals surface area contributed by atoms with Gasteiger partial charge in [0.25, 0.3) is 0 Å². The highest BCUT2D eigenvalue weighted by Gasteiger charge is 2.14. The first-order chi connectivity index (χ1) is 12.3. The number of guanidine groups is 1. The highest BCUT2D eigenvalue weighted by molar-refractivity contribution is 14.0. The van der Waals surface area contributed by atoms with Crippen LogP contribution < -0.4 is 10.6 Å². The maximum Gasteiger partial charge on any atom is 0.191 e. The first-order valence-electron chi connectivity index (χ1n) is 9.04. The van der Waals surface area contributed by atoms with Gasteiger partial charge in [-0.1, -0.05) is 13.3 Å². The molecule has 3 rings (SSSR count). The van der Waals surface area contributed by atoms with Crippen LogP contribution in [-0.2, 0) is 32.5 Å². The fourth-order valence-electron chi connectivity index (χ4n) is 3.09. The van der Waals surface area contributed by atoms with Crippen molar-refractivity contribution in [1.29, 1.82) is 0 Å². The number of hydrogen-bond acceptors (Lipinski definition) is 5. The topological polar surface area (TPSA) is 97.8 Å². The third kappa shape index (κ3) is 5.15. The van der Waals surface area contributed by atoms with Crippen LogP contribution in [0.1, 0.15) is 43.7 Å². The maximum absolute atomic E-state index is 4.34. The van der Waals surface area contributed by atoms with Crippen LogP contribution in [0.15, 0.2) is 11.3 Å². The van der Waals surface area contributed by atoms with Gasteiger partial charge in [0.15, 0.2) is 11.8 Å². The van der Waals surface area contributed by atoms with E-state index in [-0.39, 0.29) is 24.0 Å². The zero-order valence-electron chi connectivity index (χ0n) is 15.5. The minimum absolute atomic E-state index is 0. The van der Waals surface area contributed by atoms with E-state index in [9.17, 15) is 0 Å². The summed E-state index contributed by atoms with van der Waals surface area (Å²) in [6.45, 7) is 5.27. The number of nitrogens with zero attached hydrogens (tertiary/aromatic N) is 7.